The van der Waals surface area contributed by atoms with Crippen LogP contribution in [0.1, 0.15) is 5.56 Å². The number of benzene rings is 2. The van der Waals surface area contributed by atoms with Crippen LogP contribution >= 0.6 is 0 Å². The van der Waals surface area contributed by atoms with Gasteiger partial charge < -0.3 is 5.11 Å². The maximum absolute atomic E-state index is 13.1. The van der Waals surface area contributed by atoms with Crippen molar-refractivity contribution in [2.45, 2.75) is 6.18 Å². The Labute approximate surface area is 100 Å². The second-order valence-electron chi connectivity index (χ2n) is 3.71. The zero-order valence-electron chi connectivity index (χ0n) is 9.00. The maximum atomic E-state index is 13.1. The Hall–Kier alpha value is -2.04. The van der Waals surface area contributed by atoms with Crippen molar-refractivity contribution in [2.24, 2.45) is 0 Å². The Bertz CT molecular complexity index is 575. The summed E-state index contributed by atoms with van der Waals surface area (Å²) in [6.07, 6.45) is -4.47. The number of hydrogen-bond acceptors (Lipinski definition) is 1. The SMILES string of the molecule is Oc1c(F)cccc1-c1cccc(C(F)(F)F)c1. The van der Waals surface area contributed by atoms with Crippen LogP contribution in [0, 0.1) is 5.82 Å². The van der Waals surface area contributed by atoms with Gasteiger partial charge in [0, 0.05) is 5.56 Å². The third kappa shape index (κ3) is 2.30. The molecule has 2 rings (SSSR count). The van der Waals surface area contributed by atoms with E-state index in [0.717, 1.165) is 18.2 Å². The largest absolute Gasteiger partial charge is 0.504 e. The highest BCUT2D eigenvalue weighted by Crippen LogP contribution is 2.35. The summed E-state index contributed by atoms with van der Waals surface area (Å²) >= 11 is 0. The van der Waals surface area contributed by atoms with E-state index in [1.54, 1.807) is 0 Å². The molecule has 2 aromatic rings. The Morgan fingerprint density at radius 1 is 0.944 bits per heavy atom. The summed E-state index contributed by atoms with van der Waals surface area (Å²) in [4.78, 5) is 0. The first-order valence-corrected chi connectivity index (χ1v) is 5.04. The third-order valence-corrected chi connectivity index (χ3v) is 2.49. The normalized spacial score (nSPS) is 11.6. The second kappa shape index (κ2) is 4.33. The lowest BCUT2D eigenvalue weighted by atomic mass is 10.0. The molecule has 0 fully saturated rings. The summed E-state index contributed by atoms with van der Waals surface area (Å²) < 4.78 is 50.7. The lowest BCUT2D eigenvalue weighted by Crippen LogP contribution is -2.04. The van der Waals surface area contributed by atoms with Crippen LogP contribution in [0.25, 0.3) is 11.1 Å². The quantitative estimate of drug-likeness (QED) is 0.757. The molecule has 0 radical (unpaired) electrons. The smallest absolute Gasteiger partial charge is 0.416 e. The molecule has 0 saturated heterocycles. The fourth-order valence-electron chi connectivity index (χ4n) is 1.61. The van der Waals surface area contributed by atoms with Gasteiger partial charge in [-0.25, -0.2) is 4.39 Å². The van der Waals surface area contributed by atoms with E-state index in [1.165, 1.54) is 24.3 Å². The number of aromatic hydroxyl groups is 1. The average molecular weight is 256 g/mol. The van der Waals surface area contributed by atoms with Crippen molar-refractivity contribution in [1.29, 1.82) is 0 Å². The van der Waals surface area contributed by atoms with Gasteiger partial charge in [-0.1, -0.05) is 24.3 Å². The molecule has 0 saturated carbocycles. The van der Waals surface area contributed by atoms with Gasteiger partial charge in [-0.15, -0.1) is 0 Å². The van der Waals surface area contributed by atoms with Gasteiger partial charge in [0.2, 0.25) is 0 Å². The van der Waals surface area contributed by atoms with Gasteiger partial charge in [-0.05, 0) is 23.8 Å². The van der Waals surface area contributed by atoms with E-state index in [0.29, 0.717) is 0 Å². The number of rotatable bonds is 1. The summed E-state index contributed by atoms with van der Waals surface area (Å²) in [6, 6.07) is 8.09. The topological polar surface area (TPSA) is 20.2 Å². The molecule has 0 aliphatic heterocycles. The van der Waals surface area contributed by atoms with Gasteiger partial charge in [0.1, 0.15) is 0 Å². The van der Waals surface area contributed by atoms with Crippen LogP contribution in [-0.4, -0.2) is 5.11 Å². The van der Waals surface area contributed by atoms with Crippen molar-refractivity contribution >= 4 is 0 Å². The zero-order valence-corrected chi connectivity index (χ0v) is 9.00. The molecule has 0 unspecified atom stereocenters. The molecule has 2 aromatic carbocycles. The highest BCUT2D eigenvalue weighted by Gasteiger charge is 2.30. The van der Waals surface area contributed by atoms with Crippen LogP contribution in [0.4, 0.5) is 17.6 Å². The molecule has 0 atom stereocenters. The minimum Gasteiger partial charge on any atom is -0.504 e. The number of phenolic OH excluding ortho intramolecular Hbond substituents is 1. The number of hydrogen-bond donors (Lipinski definition) is 1. The van der Waals surface area contributed by atoms with E-state index in [2.05, 4.69) is 0 Å². The molecule has 0 aliphatic rings. The number of phenols is 1. The van der Waals surface area contributed by atoms with Gasteiger partial charge in [0.05, 0.1) is 5.56 Å². The summed E-state index contributed by atoms with van der Waals surface area (Å²) in [5, 5.41) is 9.49. The van der Waals surface area contributed by atoms with Gasteiger partial charge in [0.25, 0.3) is 0 Å². The monoisotopic (exact) mass is 256 g/mol. The van der Waals surface area contributed by atoms with Gasteiger partial charge >= 0.3 is 6.18 Å². The lowest BCUT2D eigenvalue weighted by Gasteiger charge is -2.10. The standard InChI is InChI=1S/C13H8F4O/c14-11-6-2-5-10(12(11)18)8-3-1-4-9(7-8)13(15,16)17/h1-7,18H. The van der Waals surface area contributed by atoms with Crippen LogP contribution in [0.2, 0.25) is 0 Å². The summed E-state index contributed by atoms with van der Waals surface area (Å²) in [6.45, 7) is 0. The average Bonchev–Trinajstić information content (AvgIpc) is 2.32. The van der Waals surface area contributed by atoms with E-state index in [9.17, 15) is 22.7 Å². The van der Waals surface area contributed by atoms with E-state index >= 15 is 0 Å². The van der Waals surface area contributed by atoms with Crippen molar-refractivity contribution in [2.75, 3.05) is 0 Å². The molecule has 1 N–H and O–H groups in total. The van der Waals surface area contributed by atoms with Crippen LogP contribution in [-0.2, 0) is 6.18 Å². The molecular weight excluding hydrogens is 248 g/mol. The first kappa shape index (κ1) is 12.4. The summed E-state index contributed by atoms with van der Waals surface area (Å²) in [5.41, 5.74) is -0.702. The van der Waals surface area contributed by atoms with Crippen LogP contribution in [0.15, 0.2) is 42.5 Å². The number of para-hydroxylation sites is 1. The summed E-state index contributed by atoms with van der Waals surface area (Å²) in [5.74, 6) is -1.53. The molecule has 0 heterocycles. The number of alkyl halides is 3. The fourth-order valence-corrected chi connectivity index (χ4v) is 1.61. The van der Waals surface area contributed by atoms with E-state index in [-0.39, 0.29) is 11.1 Å². The highest BCUT2D eigenvalue weighted by molar-refractivity contribution is 5.70. The third-order valence-electron chi connectivity index (χ3n) is 2.49. The minimum absolute atomic E-state index is 0.0288. The van der Waals surface area contributed by atoms with Crippen molar-refractivity contribution in [3.05, 3.63) is 53.8 Å². The van der Waals surface area contributed by atoms with E-state index < -0.39 is 23.3 Å². The Kier molecular flexibility index (Phi) is 2.98. The van der Waals surface area contributed by atoms with E-state index in [4.69, 9.17) is 0 Å². The van der Waals surface area contributed by atoms with Crippen LogP contribution < -0.4 is 0 Å². The predicted octanol–water partition coefficient (Wildman–Crippen LogP) is 4.22. The molecule has 0 spiro atoms. The second-order valence-corrected chi connectivity index (χ2v) is 3.71. The minimum atomic E-state index is -4.47. The van der Waals surface area contributed by atoms with Gasteiger partial charge in [-0.2, -0.15) is 13.2 Å². The zero-order chi connectivity index (χ0) is 13.3. The molecule has 1 nitrogen and oxygen atoms in total. The lowest BCUT2D eigenvalue weighted by molar-refractivity contribution is -0.137. The van der Waals surface area contributed by atoms with Gasteiger partial charge in [-0.3, -0.25) is 0 Å². The van der Waals surface area contributed by atoms with Crippen LogP contribution in [0.3, 0.4) is 0 Å². The number of halogens is 4. The maximum Gasteiger partial charge on any atom is 0.416 e. The molecule has 94 valence electrons. The van der Waals surface area contributed by atoms with Crippen LogP contribution in [0.5, 0.6) is 5.75 Å². The molecule has 5 heteroatoms. The van der Waals surface area contributed by atoms with Crippen molar-refractivity contribution in [3.8, 4) is 16.9 Å². The first-order valence-electron chi connectivity index (χ1n) is 5.04. The molecule has 0 aliphatic carbocycles. The Morgan fingerprint density at radius 2 is 1.61 bits per heavy atom. The molecular formula is C13H8F4O. The van der Waals surface area contributed by atoms with E-state index in [1.807, 2.05) is 0 Å². The predicted molar refractivity (Wildman–Crippen MR) is 58.5 cm³/mol. The summed E-state index contributed by atoms with van der Waals surface area (Å²) in [7, 11) is 0. The van der Waals surface area contributed by atoms with Gasteiger partial charge in [0.15, 0.2) is 11.6 Å². The van der Waals surface area contributed by atoms with Crippen molar-refractivity contribution < 1.29 is 22.7 Å². The Balaban J connectivity index is 2.55. The Morgan fingerprint density at radius 3 is 2.28 bits per heavy atom. The molecule has 0 amide bonds. The molecule has 18 heavy (non-hydrogen) atoms. The van der Waals surface area contributed by atoms with Crippen molar-refractivity contribution in [3.63, 3.8) is 0 Å². The fraction of sp³-hybridized carbons (Fsp3) is 0.0769. The van der Waals surface area contributed by atoms with Crippen molar-refractivity contribution in [1.82, 2.24) is 0 Å². The first-order chi connectivity index (χ1) is 8.39. The molecule has 0 bridgehead atoms. The highest BCUT2D eigenvalue weighted by atomic mass is 19.4. The molecule has 0 aromatic heterocycles.